The number of rotatable bonds is 5. The second-order valence-corrected chi connectivity index (χ2v) is 4.94. The average molecular weight is 315 g/mol. The van der Waals surface area contributed by atoms with Crippen LogP contribution >= 0.6 is 12.4 Å². The lowest BCUT2D eigenvalue weighted by atomic mass is 10.1. The summed E-state index contributed by atoms with van der Waals surface area (Å²) < 4.78 is 11.0. The molecule has 2 rings (SSSR count). The summed E-state index contributed by atoms with van der Waals surface area (Å²) in [6, 6.07) is 5.80. The van der Waals surface area contributed by atoms with Crippen LogP contribution in [0.2, 0.25) is 0 Å². The molecular weight excluding hydrogens is 292 g/mol. The fraction of sp³-hybridized carbons (Fsp3) is 0.533. The van der Waals surface area contributed by atoms with Crippen molar-refractivity contribution in [3.05, 3.63) is 29.3 Å². The lowest BCUT2D eigenvalue weighted by Crippen LogP contribution is -2.51. The van der Waals surface area contributed by atoms with Crippen LogP contribution in [0.4, 0.5) is 0 Å². The largest absolute Gasteiger partial charge is 0.491 e. The third kappa shape index (κ3) is 5.19. The van der Waals surface area contributed by atoms with Crippen LogP contribution in [0.25, 0.3) is 0 Å². The summed E-state index contributed by atoms with van der Waals surface area (Å²) in [5, 5.41) is 5.97. The number of carbonyl (C=O) groups excluding carboxylic acids is 1. The molecule has 6 heteroatoms. The summed E-state index contributed by atoms with van der Waals surface area (Å²) in [7, 11) is 0. The highest BCUT2D eigenvalue weighted by molar-refractivity contribution is 5.85. The van der Waals surface area contributed by atoms with Crippen molar-refractivity contribution in [2.24, 2.45) is 0 Å². The predicted octanol–water partition coefficient (Wildman–Crippen LogP) is 1.21. The maximum absolute atomic E-state index is 11.8. The second-order valence-electron chi connectivity index (χ2n) is 4.94. The third-order valence-electron chi connectivity index (χ3n) is 3.29. The number of hydrogen-bond donors (Lipinski definition) is 2. The van der Waals surface area contributed by atoms with Crippen LogP contribution in [0, 0.1) is 13.8 Å². The van der Waals surface area contributed by atoms with E-state index in [1.165, 1.54) is 0 Å². The Balaban J connectivity index is 0.00000220. The van der Waals surface area contributed by atoms with Crippen LogP contribution in [-0.4, -0.2) is 44.9 Å². The molecule has 1 aromatic rings. The summed E-state index contributed by atoms with van der Waals surface area (Å²) in [5.41, 5.74) is 2.22. The summed E-state index contributed by atoms with van der Waals surface area (Å²) in [6.07, 6.45) is 0. The minimum Gasteiger partial charge on any atom is -0.491 e. The predicted molar refractivity (Wildman–Crippen MR) is 84.3 cm³/mol. The van der Waals surface area contributed by atoms with Crippen molar-refractivity contribution >= 4 is 18.3 Å². The quantitative estimate of drug-likeness (QED) is 0.802. The summed E-state index contributed by atoms with van der Waals surface area (Å²) in [6.45, 7) is 6.81. The molecule has 0 radical (unpaired) electrons. The van der Waals surface area contributed by atoms with Crippen molar-refractivity contribution in [1.82, 2.24) is 10.6 Å². The van der Waals surface area contributed by atoms with Crippen LogP contribution in [0.15, 0.2) is 18.2 Å². The fourth-order valence-electron chi connectivity index (χ4n) is 2.21. The number of hydrogen-bond acceptors (Lipinski definition) is 4. The highest BCUT2D eigenvalue weighted by atomic mass is 35.5. The molecule has 1 amide bonds. The molecule has 0 spiro atoms. The average Bonchev–Trinajstić information content (AvgIpc) is 2.46. The van der Waals surface area contributed by atoms with E-state index in [2.05, 4.69) is 10.6 Å². The normalized spacial score (nSPS) is 17.7. The molecule has 1 aromatic carbocycles. The molecule has 0 saturated carbocycles. The zero-order valence-corrected chi connectivity index (χ0v) is 13.3. The van der Waals surface area contributed by atoms with E-state index < -0.39 is 0 Å². The van der Waals surface area contributed by atoms with Crippen LogP contribution in [-0.2, 0) is 9.53 Å². The van der Waals surface area contributed by atoms with Gasteiger partial charge in [-0.05, 0) is 25.0 Å². The molecule has 1 saturated heterocycles. The Kier molecular flexibility index (Phi) is 7.50. The van der Waals surface area contributed by atoms with Gasteiger partial charge in [-0.3, -0.25) is 4.79 Å². The van der Waals surface area contributed by atoms with Gasteiger partial charge in [0.25, 0.3) is 0 Å². The first-order chi connectivity index (χ1) is 9.68. The van der Waals surface area contributed by atoms with Crippen molar-refractivity contribution in [2.45, 2.75) is 19.9 Å². The first kappa shape index (κ1) is 17.8. The van der Waals surface area contributed by atoms with E-state index in [-0.39, 0.29) is 24.4 Å². The first-order valence-corrected chi connectivity index (χ1v) is 6.96. The number of ether oxygens (including phenoxy) is 2. The number of nitrogens with one attached hydrogen (secondary N) is 2. The van der Waals surface area contributed by atoms with E-state index >= 15 is 0 Å². The van der Waals surface area contributed by atoms with E-state index in [0.717, 1.165) is 23.4 Å². The smallest absolute Gasteiger partial charge is 0.239 e. The van der Waals surface area contributed by atoms with Crippen molar-refractivity contribution < 1.29 is 14.3 Å². The van der Waals surface area contributed by atoms with Gasteiger partial charge in [0.2, 0.25) is 5.91 Å². The highest BCUT2D eigenvalue weighted by Crippen LogP contribution is 2.21. The zero-order valence-electron chi connectivity index (χ0n) is 12.5. The number of para-hydroxylation sites is 1. The summed E-state index contributed by atoms with van der Waals surface area (Å²) >= 11 is 0. The lowest BCUT2D eigenvalue weighted by Gasteiger charge is -2.23. The minimum atomic E-state index is -0.246. The molecule has 0 aliphatic carbocycles. The number of halogens is 1. The molecule has 1 heterocycles. The van der Waals surface area contributed by atoms with Gasteiger partial charge in [-0.15, -0.1) is 12.4 Å². The van der Waals surface area contributed by atoms with Crippen molar-refractivity contribution in [2.75, 3.05) is 32.9 Å². The monoisotopic (exact) mass is 314 g/mol. The Morgan fingerprint density at radius 1 is 1.43 bits per heavy atom. The van der Waals surface area contributed by atoms with Gasteiger partial charge >= 0.3 is 0 Å². The SMILES string of the molecule is Cc1cccc(C)c1OCCNC(=O)C1COCCN1.Cl. The van der Waals surface area contributed by atoms with Gasteiger partial charge in [0.15, 0.2) is 0 Å². The first-order valence-electron chi connectivity index (χ1n) is 6.96. The van der Waals surface area contributed by atoms with Gasteiger partial charge in [-0.25, -0.2) is 0 Å². The number of carbonyl (C=O) groups is 1. The van der Waals surface area contributed by atoms with Crippen molar-refractivity contribution in [3.63, 3.8) is 0 Å². The Morgan fingerprint density at radius 3 is 2.76 bits per heavy atom. The molecule has 1 atom stereocenters. The van der Waals surface area contributed by atoms with Crippen molar-refractivity contribution in [3.8, 4) is 5.75 Å². The molecule has 21 heavy (non-hydrogen) atoms. The van der Waals surface area contributed by atoms with Crippen molar-refractivity contribution in [1.29, 1.82) is 0 Å². The van der Waals surface area contributed by atoms with Gasteiger partial charge < -0.3 is 20.1 Å². The Morgan fingerprint density at radius 2 is 2.14 bits per heavy atom. The molecule has 2 N–H and O–H groups in total. The summed E-state index contributed by atoms with van der Waals surface area (Å²) in [5.74, 6) is 0.871. The fourth-order valence-corrected chi connectivity index (χ4v) is 2.21. The van der Waals surface area contributed by atoms with Crippen LogP contribution in [0.1, 0.15) is 11.1 Å². The van der Waals surface area contributed by atoms with E-state index in [9.17, 15) is 4.79 Å². The van der Waals surface area contributed by atoms with Crippen LogP contribution < -0.4 is 15.4 Å². The molecule has 118 valence electrons. The number of amides is 1. The molecule has 0 aromatic heterocycles. The maximum atomic E-state index is 11.8. The van der Waals surface area contributed by atoms with Crippen LogP contribution in [0.5, 0.6) is 5.75 Å². The van der Waals surface area contributed by atoms with E-state index in [1.54, 1.807) is 0 Å². The van der Waals surface area contributed by atoms with Gasteiger partial charge in [-0.1, -0.05) is 18.2 Å². The van der Waals surface area contributed by atoms with Gasteiger partial charge in [0.1, 0.15) is 18.4 Å². The van der Waals surface area contributed by atoms with E-state index in [0.29, 0.717) is 26.4 Å². The van der Waals surface area contributed by atoms with Gasteiger partial charge in [0, 0.05) is 6.54 Å². The van der Waals surface area contributed by atoms with E-state index in [1.807, 2.05) is 32.0 Å². The third-order valence-corrected chi connectivity index (χ3v) is 3.29. The van der Waals surface area contributed by atoms with Crippen LogP contribution in [0.3, 0.4) is 0 Å². The molecule has 1 unspecified atom stereocenters. The van der Waals surface area contributed by atoms with Gasteiger partial charge in [0.05, 0.1) is 19.8 Å². The Hall–Kier alpha value is -1.30. The number of morpholine rings is 1. The molecule has 1 fully saturated rings. The molecule has 0 bridgehead atoms. The zero-order chi connectivity index (χ0) is 14.4. The Labute approximate surface area is 131 Å². The molecule has 1 aliphatic rings. The standard InChI is InChI=1S/C15H22N2O3.ClH/c1-11-4-3-5-12(2)14(11)20-9-7-17-15(18)13-10-19-8-6-16-13;/h3-5,13,16H,6-10H2,1-2H3,(H,17,18);1H. The Bertz CT molecular complexity index is 442. The second kappa shape index (κ2) is 8.87. The number of benzene rings is 1. The maximum Gasteiger partial charge on any atom is 0.239 e. The summed E-state index contributed by atoms with van der Waals surface area (Å²) in [4.78, 5) is 11.8. The van der Waals surface area contributed by atoms with E-state index in [4.69, 9.17) is 9.47 Å². The lowest BCUT2D eigenvalue weighted by molar-refractivity contribution is -0.126. The molecule has 1 aliphatic heterocycles. The highest BCUT2D eigenvalue weighted by Gasteiger charge is 2.20. The topological polar surface area (TPSA) is 59.6 Å². The number of aryl methyl sites for hydroxylation is 2. The van der Waals surface area contributed by atoms with Gasteiger partial charge in [-0.2, -0.15) is 0 Å². The minimum absolute atomic E-state index is 0. The molecule has 5 nitrogen and oxygen atoms in total. The molecular formula is C15H23ClN2O3.